The molecule has 9 N–H and O–H groups in total. The third-order valence-electron chi connectivity index (χ3n) is 5.22. The molecule has 1 saturated heterocycles. The lowest BCUT2D eigenvalue weighted by Crippen LogP contribution is -2.58. The Bertz CT molecular complexity index is 773. The van der Waals surface area contributed by atoms with Crippen molar-refractivity contribution in [2.75, 3.05) is 6.54 Å². The van der Waals surface area contributed by atoms with Gasteiger partial charge in [-0.1, -0.05) is 0 Å². The van der Waals surface area contributed by atoms with Crippen molar-refractivity contribution in [2.45, 2.75) is 75.7 Å². The van der Waals surface area contributed by atoms with Crippen LogP contribution >= 0.6 is 0 Å². The summed E-state index contributed by atoms with van der Waals surface area (Å²) in [6.45, 7) is 1.39. The highest BCUT2D eigenvalue weighted by molar-refractivity contribution is 5.94. The molecular weight excluding hydrogens is 442 g/mol. The van der Waals surface area contributed by atoms with Gasteiger partial charge in [0.2, 0.25) is 23.6 Å². The number of amides is 4. The number of rotatable bonds is 13. The van der Waals surface area contributed by atoms with Crippen molar-refractivity contribution in [3.05, 3.63) is 0 Å². The second kappa shape index (κ2) is 12.7. The van der Waals surface area contributed by atoms with E-state index in [1.807, 2.05) is 0 Å². The summed E-state index contributed by atoms with van der Waals surface area (Å²) in [7, 11) is 0. The fraction of sp³-hybridized carbons (Fsp3) is 0.684. The Balaban J connectivity index is 3.05. The molecule has 0 spiro atoms. The first-order valence-corrected chi connectivity index (χ1v) is 10.4. The monoisotopic (exact) mass is 473 g/mol. The predicted octanol–water partition coefficient (Wildman–Crippen LogP) is -3.13. The molecule has 0 aromatic rings. The van der Waals surface area contributed by atoms with E-state index in [1.54, 1.807) is 0 Å². The van der Waals surface area contributed by atoms with Gasteiger partial charge in [0.15, 0.2) is 0 Å². The fourth-order valence-electron chi connectivity index (χ4n) is 3.33. The van der Waals surface area contributed by atoms with Gasteiger partial charge < -0.3 is 42.3 Å². The number of aliphatic carboxylic acids is 2. The minimum Gasteiger partial charge on any atom is -0.481 e. The third-order valence-corrected chi connectivity index (χ3v) is 5.22. The Morgan fingerprint density at radius 1 is 1.00 bits per heavy atom. The van der Waals surface area contributed by atoms with Gasteiger partial charge in [-0.2, -0.15) is 0 Å². The zero-order chi connectivity index (χ0) is 25.3. The molecule has 33 heavy (non-hydrogen) atoms. The predicted molar refractivity (Wildman–Crippen MR) is 111 cm³/mol. The molecule has 1 rings (SSSR count). The number of nitrogens with one attached hydrogen (secondary N) is 2. The summed E-state index contributed by atoms with van der Waals surface area (Å²) < 4.78 is 0. The van der Waals surface area contributed by atoms with Crippen molar-refractivity contribution in [1.29, 1.82) is 0 Å². The molecule has 14 heteroatoms. The summed E-state index contributed by atoms with van der Waals surface area (Å²) in [5.74, 6) is -5.79. The van der Waals surface area contributed by atoms with E-state index < -0.39 is 72.3 Å². The van der Waals surface area contributed by atoms with Crippen LogP contribution in [0.3, 0.4) is 0 Å². The zero-order valence-corrected chi connectivity index (χ0v) is 18.2. The van der Waals surface area contributed by atoms with Gasteiger partial charge in [0.05, 0.1) is 6.10 Å². The van der Waals surface area contributed by atoms with Crippen molar-refractivity contribution in [3.63, 3.8) is 0 Å². The topological polar surface area (TPSA) is 242 Å². The van der Waals surface area contributed by atoms with Crippen molar-refractivity contribution in [1.82, 2.24) is 15.5 Å². The SMILES string of the molecule is CC(O)C(N)C(=O)NC(CCC(=O)O)C(=O)NC(CCC(N)=O)C(=O)N1CCCC1C(=O)O. The number of aliphatic hydroxyl groups excluding tert-OH is 1. The van der Waals surface area contributed by atoms with Crippen LogP contribution in [0.25, 0.3) is 0 Å². The number of nitrogens with zero attached hydrogens (tertiary/aromatic N) is 1. The smallest absolute Gasteiger partial charge is 0.326 e. The normalized spacial score (nSPS) is 19.1. The first-order chi connectivity index (χ1) is 15.3. The van der Waals surface area contributed by atoms with Crippen LogP contribution in [0, 0.1) is 0 Å². The van der Waals surface area contributed by atoms with Crippen molar-refractivity contribution in [2.24, 2.45) is 11.5 Å². The van der Waals surface area contributed by atoms with E-state index in [1.165, 1.54) is 6.92 Å². The average Bonchev–Trinajstić information content (AvgIpc) is 3.22. The molecule has 14 nitrogen and oxygen atoms in total. The number of nitrogens with two attached hydrogens (primary N) is 2. The number of hydrogen-bond acceptors (Lipinski definition) is 8. The Morgan fingerprint density at radius 2 is 1.58 bits per heavy atom. The lowest BCUT2D eigenvalue weighted by atomic mass is 10.1. The number of carbonyl (C=O) groups is 6. The van der Waals surface area contributed by atoms with Crippen LogP contribution in [0.4, 0.5) is 0 Å². The largest absolute Gasteiger partial charge is 0.481 e. The molecule has 1 aliphatic heterocycles. The van der Waals surface area contributed by atoms with Gasteiger partial charge in [0.25, 0.3) is 0 Å². The van der Waals surface area contributed by atoms with Crippen molar-refractivity contribution < 1.29 is 44.1 Å². The molecule has 186 valence electrons. The molecule has 4 amide bonds. The van der Waals surface area contributed by atoms with Crippen LogP contribution < -0.4 is 22.1 Å². The number of carboxylic acids is 2. The summed E-state index contributed by atoms with van der Waals surface area (Å²) in [5.41, 5.74) is 10.7. The minimum atomic E-state index is -1.42. The van der Waals surface area contributed by atoms with Crippen molar-refractivity contribution >= 4 is 35.6 Å². The molecule has 0 aromatic carbocycles. The molecule has 0 saturated carbocycles. The highest BCUT2D eigenvalue weighted by Gasteiger charge is 2.38. The van der Waals surface area contributed by atoms with Crippen LogP contribution in [0.15, 0.2) is 0 Å². The van der Waals surface area contributed by atoms with Gasteiger partial charge in [-0.05, 0) is 32.6 Å². The minimum absolute atomic E-state index is 0.140. The zero-order valence-electron chi connectivity index (χ0n) is 18.2. The standard InChI is InChI=1S/C19H31N5O9/c1-9(25)15(21)17(30)22-10(5-7-14(27)28)16(29)23-11(4-6-13(20)26)18(31)24-8-2-3-12(24)19(32)33/h9-12,15,25H,2-8,21H2,1H3,(H2,20,26)(H,22,30)(H,23,29)(H,27,28)(H,32,33). The molecule has 1 fully saturated rings. The molecule has 0 bridgehead atoms. The number of likely N-dealkylation sites (tertiary alicyclic amines) is 1. The fourth-order valence-corrected chi connectivity index (χ4v) is 3.33. The van der Waals surface area contributed by atoms with E-state index in [-0.39, 0.29) is 32.2 Å². The second-order valence-electron chi connectivity index (χ2n) is 7.85. The first kappa shape index (κ1) is 27.8. The summed E-state index contributed by atoms with van der Waals surface area (Å²) in [4.78, 5) is 72.7. The highest BCUT2D eigenvalue weighted by Crippen LogP contribution is 2.19. The Kier molecular flexibility index (Phi) is 10.7. The lowest BCUT2D eigenvalue weighted by molar-refractivity contribution is -0.149. The summed E-state index contributed by atoms with van der Waals surface area (Å²) >= 11 is 0. The maximum atomic E-state index is 13.0. The van der Waals surface area contributed by atoms with E-state index in [0.717, 1.165) is 4.90 Å². The van der Waals surface area contributed by atoms with E-state index in [9.17, 15) is 39.0 Å². The number of aliphatic hydroxyl groups is 1. The van der Waals surface area contributed by atoms with Crippen LogP contribution in [0.2, 0.25) is 0 Å². The molecule has 0 radical (unpaired) electrons. The molecule has 0 aliphatic carbocycles. The summed E-state index contributed by atoms with van der Waals surface area (Å²) in [5, 5.41) is 32.4. The number of hydrogen-bond donors (Lipinski definition) is 7. The summed E-state index contributed by atoms with van der Waals surface area (Å²) in [6.07, 6.45) is -1.95. The van der Waals surface area contributed by atoms with Gasteiger partial charge in [0, 0.05) is 19.4 Å². The van der Waals surface area contributed by atoms with Crippen LogP contribution in [-0.2, 0) is 28.8 Å². The quantitative estimate of drug-likeness (QED) is 0.142. The Hall–Kier alpha value is -3.26. The van der Waals surface area contributed by atoms with Crippen LogP contribution in [0.5, 0.6) is 0 Å². The molecule has 1 aliphatic rings. The van der Waals surface area contributed by atoms with Gasteiger partial charge >= 0.3 is 11.9 Å². The summed E-state index contributed by atoms with van der Waals surface area (Å²) in [6, 6.07) is -5.23. The molecule has 0 aromatic heterocycles. The lowest BCUT2D eigenvalue weighted by Gasteiger charge is -2.29. The van der Waals surface area contributed by atoms with E-state index in [0.29, 0.717) is 6.42 Å². The number of carbonyl (C=O) groups excluding carboxylic acids is 4. The van der Waals surface area contributed by atoms with Gasteiger partial charge in [-0.3, -0.25) is 24.0 Å². The first-order valence-electron chi connectivity index (χ1n) is 10.4. The molecule has 1 heterocycles. The van der Waals surface area contributed by atoms with E-state index in [2.05, 4.69) is 10.6 Å². The van der Waals surface area contributed by atoms with E-state index in [4.69, 9.17) is 16.6 Å². The van der Waals surface area contributed by atoms with Gasteiger partial charge in [-0.25, -0.2) is 4.79 Å². The van der Waals surface area contributed by atoms with Crippen molar-refractivity contribution in [3.8, 4) is 0 Å². The number of primary amides is 1. The molecule has 5 atom stereocenters. The molecule has 5 unspecified atom stereocenters. The van der Waals surface area contributed by atoms with Gasteiger partial charge in [0.1, 0.15) is 24.2 Å². The highest BCUT2D eigenvalue weighted by atomic mass is 16.4. The average molecular weight is 473 g/mol. The number of carboxylic acid groups (broad SMARTS) is 2. The van der Waals surface area contributed by atoms with E-state index >= 15 is 0 Å². The Labute approximate surface area is 189 Å². The van der Waals surface area contributed by atoms with Crippen LogP contribution in [-0.4, -0.2) is 92.6 Å². The second-order valence-corrected chi connectivity index (χ2v) is 7.85. The maximum absolute atomic E-state index is 13.0. The molecular formula is C19H31N5O9. The third kappa shape index (κ3) is 8.65. The maximum Gasteiger partial charge on any atom is 0.326 e. The Morgan fingerprint density at radius 3 is 2.09 bits per heavy atom. The van der Waals surface area contributed by atoms with Gasteiger partial charge in [-0.15, -0.1) is 0 Å². The van der Waals surface area contributed by atoms with Crippen LogP contribution in [0.1, 0.15) is 45.4 Å².